The largest absolute Gasteiger partial charge is 0.486 e. The van der Waals surface area contributed by atoms with Gasteiger partial charge in [0.15, 0.2) is 11.6 Å². The molecule has 1 aromatic rings. The first kappa shape index (κ1) is 18.5. The third-order valence-corrected chi connectivity index (χ3v) is 4.58. The summed E-state index contributed by atoms with van der Waals surface area (Å²) in [6.45, 7) is 5.36. The molecular weight excluding hydrogens is 311 g/mol. The fraction of sp³-hybridized carbons (Fsp3) is 0.611. The molecule has 0 radical (unpaired) electrons. The Labute approximate surface area is 142 Å². The van der Waals surface area contributed by atoms with Crippen LogP contribution >= 0.6 is 0 Å². The fourth-order valence-electron chi connectivity index (χ4n) is 2.89. The molecule has 0 saturated carbocycles. The Morgan fingerprint density at radius 1 is 1.42 bits per heavy atom. The zero-order chi connectivity index (χ0) is 17.5. The van der Waals surface area contributed by atoms with Gasteiger partial charge in [-0.1, -0.05) is 19.1 Å². The van der Waals surface area contributed by atoms with E-state index in [1.54, 1.807) is 30.0 Å². The number of benzene rings is 1. The van der Waals surface area contributed by atoms with Gasteiger partial charge in [-0.25, -0.2) is 9.18 Å². The number of aliphatic hydroxyl groups excluding tert-OH is 1. The molecule has 2 N–H and O–H groups in total. The van der Waals surface area contributed by atoms with Gasteiger partial charge in [0.2, 0.25) is 0 Å². The van der Waals surface area contributed by atoms with Crippen LogP contribution in [-0.2, 0) is 0 Å². The lowest BCUT2D eigenvalue weighted by Gasteiger charge is -2.33. The molecule has 6 heteroatoms. The average Bonchev–Trinajstić information content (AvgIpc) is 2.60. The molecule has 5 nitrogen and oxygen atoms in total. The lowest BCUT2D eigenvalue weighted by Crippen LogP contribution is -2.47. The number of piperidine rings is 1. The van der Waals surface area contributed by atoms with Crippen LogP contribution in [0.1, 0.15) is 33.1 Å². The van der Waals surface area contributed by atoms with E-state index in [1.165, 1.54) is 6.07 Å². The quantitative estimate of drug-likeness (QED) is 0.838. The monoisotopic (exact) mass is 338 g/mol. The number of likely N-dealkylation sites (tertiary alicyclic amines) is 1. The van der Waals surface area contributed by atoms with E-state index in [-0.39, 0.29) is 29.9 Å². The molecule has 2 rings (SSSR count). The van der Waals surface area contributed by atoms with Crippen LogP contribution in [0, 0.1) is 11.7 Å². The topological polar surface area (TPSA) is 61.8 Å². The second kappa shape index (κ2) is 8.87. The molecule has 0 spiro atoms. The number of urea groups is 1. The van der Waals surface area contributed by atoms with Crippen LogP contribution in [0.3, 0.4) is 0 Å². The van der Waals surface area contributed by atoms with Gasteiger partial charge in [-0.05, 0) is 44.2 Å². The van der Waals surface area contributed by atoms with Crippen molar-refractivity contribution in [1.82, 2.24) is 10.2 Å². The van der Waals surface area contributed by atoms with Crippen molar-refractivity contribution in [3.8, 4) is 5.75 Å². The molecular formula is C18H27FN2O3. The number of para-hydroxylation sites is 1. The Morgan fingerprint density at radius 3 is 2.67 bits per heavy atom. The van der Waals surface area contributed by atoms with Gasteiger partial charge in [-0.3, -0.25) is 0 Å². The molecule has 1 heterocycles. The SMILES string of the molecule is CCC(CNC(=O)N1CCC(C(C)O)CC1)Oc1ccccc1F. The van der Waals surface area contributed by atoms with E-state index in [9.17, 15) is 14.3 Å². The molecule has 2 unspecified atom stereocenters. The third-order valence-electron chi connectivity index (χ3n) is 4.58. The van der Waals surface area contributed by atoms with Crippen molar-refractivity contribution < 1.29 is 19.0 Å². The summed E-state index contributed by atoms with van der Waals surface area (Å²) in [6, 6.07) is 6.14. The summed E-state index contributed by atoms with van der Waals surface area (Å²) in [6.07, 6.45) is 1.69. The van der Waals surface area contributed by atoms with E-state index in [1.807, 2.05) is 6.92 Å². The highest BCUT2D eigenvalue weighted by Crippen LogP contribution is 2.21. The van der Waals surface area contributed by atoms with Gasteiger partial charge < -0.3 is 20.1 Å². The molecule has 24 heavy (non-hydrogen) atoms. The van der Waals surface area contributed by atoms with Gasteiger partial charge in [0.05, 0.1) is 12.6 Å². The van der Waals surface area contributed by atoms with Gasteiger partial charge in [0.25, 0.3) is 0 Å². The summed E-state index contributed by atoms with van der Waals surface area (Å²) in [5.41, 5.74) is 0. The molecule has 1 fully saturated rings. The maximum absolute atomic E-state index is 13.6. The standard InChI is InChI=1S/C18H27FN2O3/c1-3-15(24-17-7-5-4-6-16(17)19)12-20-18(23)21-10-8-14(9-11-21)13(2)22/h4-7,13-15,22H,3,8-12H2,1-2H3,(H,20,23). The van der Waals surface area contributed by atoms with Gasteiger partial charge in [0, 0.05) is 13.1 Å². The number of rotatable bonds is 6. The molecule has 0 aromatic heterocycles. The minimum atomic E-state index is -0.400. The Bertz CT molecular complexity index is 531. The van der Waals surface area contributed by atoms with E-state index in [4.69, 9.17) is 4.74 Å². The summed E-state index contributed by atoms with van der Waals surface area (Å²) in [5.74, 6) is 0.0700. The van der Waals surface area contributed by atoms with Crippen molar-refractivity contribution in [2.75, 3.05) is 19.6 Å². The van der Waals surface area contributed by atoms with E-state index in [0.29, 0.717) is 26.1 Å². The number of halogens is 1. The van der Waals surface area contributed by atoms with Gasteiger partial charge >= 0.3 is 6.03 Å². The van der Waals surface area contributed by atoms with Gasteiger partial charge in [-0.2, -0.15) is 0 Å². The molecule has 0 aliphatic carbocycles. The Kier molecular flexibility index (Phi) is 6.85. The first-order valence-corrected chi connectivity index (χ1v) is 8.63. The van der Waals surface area contributed by atoms with E-state index >= 15 is 0 Å². The maximum Gasteiger partial charge on any atom is 0.317 e. The zero-order valence-corrected chi connectivity index (χ0v) is 14.4. The van der Waals surface area contributed by atoms with Crippen LogP contribution in [0.25, 0.3) is 0 Å². The highest BCUT2D eigenvalue weighted by Gasteiger charge is 2.25. The van der Waals surface area contributed by atoms with Crippen LogP contribution in [0.4, 0.5) is 9.18 Å². The second-order valence-corrected chi connectivity index (χ2v) is 6.33. The molecule has 1 aliphatic heterocycles. The highest BCUT2D eigenvalue weighted by molar-refractivity contribution is 5.74. The fourth-order valence-corrected chi connectivity index (χ4v) is 2.89. The summed E-state index contributed by atoms with van der Waals surface area (Å²) >= 11 is 0. The van der Waals surface area contributed by atoms with Crippen LogP contribution in [0.5, 0.6) is 5.75 Å². The molecule has 2 amide bonds. The molecule has 2 atom stereocenters. The number of carbonyl (C=O) groups excluding carboxylic acids is 1. The molecule has 1 aliphatic rings. The molecule has 1 aromatic carbocycles. The summed E-state index contributed by atoms with van der Waals surface area (Å²) < 4.78 is 19.3. The van der Waals surface area contributed by atoms with E-state index < -0.39 is 5.82 Å². The maximum atomic E-state index is 13.6. The Balaban J connectivity index is 1.79. The minimum Gasteiger partial charge on any atom is -0.486 e. The minimum absolute atomic E-state index is 0.130. The summed E-state index contributed by atoms with van der Waals surface area (Å²) in [7, 11) is 0. The number of nitrogens with zero attached hydrogens (tertiary/aromatic N) is 1. The van der Waals surface area contributed by atoms with Gasteiger partial charge in [0.1, 0.15) is 6.10 Å². The number of hydrogen-bond donors (Lipinski definition) is 2. The summed E-state index contributed by atoms with van der Waals surface area (Å²) in [4.78, 5) is 14.0. The summed E-state index contributed by atoms with van der Waals surface area (Å²) in [5, 5.41) is 12.5. The predicted octanol–water partition coefficient (Wildman–Crippen LogP) is 2.79. The number of carbonyl (C=O) groups is 1. The van der Waals surface area contributed by atoms with Crippen molar-refractivity contribution in [3.63, 3.8) is 0 Å². The third kappa shape index (κ3) is 5.09. The zero-order valence-electron chi connectivity index (χ0n) is 14.4. The van der Waals surface area contributed by atoms with E-state index in [2.05, 4.69) is 5.32 Å². The van der Waals surface area contributed by atoms with Crippen molar-refractivity contribution in [1.29, 1.82) is 0 Å². The van der Waals surface area contributed by atoms with Crippen molar-refractivity contribution in [2.45, 2.75) is 45.3 Å². The normalized spacial score (nSPS) is 18.1. The van der Waals surface area contributed by atoms with E-state index in [0.717, 1.165) is 12.8 Å². The second-order valence-electron chi connectivity index (χ2n) is 6.33. The molecule has 134 valence electrons. The first-order valence-electron chi connectivity index (χ1n) is 8.63. The number of amides is 2. The molecule has 1 saturated heterocycles. The Morgan fingerprint density at radius 2 is 2.08 bits per heavy atom. The lowest BCUT2D eigenvalue weighted by atomic mass is 9.92. The first-order chi connectivity index (χ1) is 11.5. The highest BCUT2D eigenvalue weighted by atomic mass is 19.1. The van der Waals surface area contributed by atoms with Crippen LogP contribution in [0.2, 0.25) is 0 Å². The van der Waals surface area contributed by atoms with Crippen molar-refractivity contribution >= 4 is 6.03 Å². The van der Waals surface area contributed by atoms with Crippen LogP contribution in [-0.4, -0.2) is 47.9 Å². The number of aliphatic hydroxyl groups is 1. The van der Waals surface area contributed by atoms with Crippen molar-refractivity contribution in [3.05, 3.63) is 30.1 Å². The number of hydrogen-bond acceptors (Lipinski definition) is 3. The number of ether oxygens (including phenoxy) is 1. The van der Waals surface area contributed by atoms with Gasteiger partial charge in [-0.15, -0.1) is 0 Å². The molecule has 0 bridgehead atoms. The lowest BCUT2D eigenvalue weighted by molar-refractivity contribution is 0.0790. The van der Waals surface area contributed by atoms with Crippen LogP contribution in [0.15, 0.2) is 24.3 Å². The smallest absolute Gasteiger partial charge is 0.317 e. The predicted molar refractivity (Wildman–Crippen MR) is 90.5 cm³/mol. The average molecular weight is 338 g/mol. The Hall–Kier alpha value is -1.82. The number of nitrogens with one attached hydrogen (secondary N) is 1. The van der Waals surface area contributed by atoms with Crippen LogP contribution < -0.4 is 10.1 Å². The van der Waals surface area contributed by atoms with Crippen molar-refractivity contribution in [2.24, 2.45) is 5.92 Å².